The number of nitrogens with one attached hydrogen (secondary N) is 1. The highest BCUT2D eigenvalue weighted by Crippen LogP contribution is 2.17. The fourth-order valence-corrected chi connectivity index (χ4v) is 3.32. The molecule has 0 spiro atoms. The molecule has 158 valence electrons. The van der Waals surface area contributed by atoms with Gasteiger partial charge in [0.1, 0.15) is 12.4 Å². The minimum Gasteiger partial charge on any atom is -0.486 e. The van der Waals surface area contributed by atoms with Crippen LogP contribution in [0.1, 0.15) is 40.0 Å². The van der Waals surface area contributed by atoms with Gasteiger partial charge in [-0.1, -0.05) is 35.5 Å². The fraction of sp³-hybridized carbons (Fsp3) is 0.208. The molecule has 0 aliphatic carbocycles. The van der Waals surface area contributed by atoms with E-state index in [4.69, 9.17) is 9.26 Å². The number of hydrogen-bond acceptors (Lipinski definition) is 5. The number of hydrogen-bond donors (Lipinski definition) is 1. The number of rotatable bonds is 9. The van der Waals surface area contributed by atoms with E-state index in [1.165, 1.54) is 17.8 Å². The van der Waals surface area contributed by atoms with Crippen molar-refractivity contribution in [3.63, 3.8) is 0 Å². The Kier molecular flexibility index (Phi) is 6.12. The Morgan fingerprint density at radius 3 is 2.84 bits per heavy atom. The molecule has 2 aromatic carbocycles. The Bertz CT molecular complexity index is 1210. The number of benzene rings is 2. The number of Topliss-reactive ketones (excluding diaryl/α,β-unsaturated/α-hetero) is 1. The van der Waals surface area contributed by atoms with Crippen LogP contribution in [-0.2, 0) is 13.2 Å². The number of carbonyl (C=O) groups excluding carboxylic acids is 2. The molecular weight excluding hydrogens is 394 g/mol. The summed E-state index contributed by atoms with van der Waals surface area (Å²) in [6, 6.07) is 18.8. The maximum absolute atomic E-state index is 12.3. The summed E-state index contributed by atoms with van der Waals surface area (Å²) in [6.45, 7) is 2.95. The van der Waals surface area contributed by atoms with Crippen LogP contribution in [-0.4, -0.2) is 28.0 Å². The molecule has 2 aromatic heterocycles. The summed E-state index contributed by atoms with van der Waals surface area (Å²) in [5.74, 6) is 0.657. The van der Waals surface area contributed by atoms with Gasteiger partial charge in [-0.25, -0.2) is 0 Å². The standard InChI is InChI=1S/C24H23N3O4/c1-17(28)19-7-4-8-20(14-19)30-16-21-15-22(26-31-21)24(29)25-11-5-12-27-13-10-18-6-2-3-9-23(18)27/h2-4,6-10,13-15H,5,11-12,16H2,1H3,(H,25,29). The zero-order chi connectivity index (χ0) is 21.6. The van der Waals surface area contributed by atoms with Gasteiger partial charge in [-0.3, -0.25) is 9.59 Å². The van der Waals surface area contributed by atoms with Gasteiger partial charge in [-0.15, -0.1) is 0 Å². The van der Waals surface area contributed by atoms with Crippen molar-refractivity contribution in [1.82, 2.24) is 15.0 Å². The molecule has 31 heavy (non-hydrogen) atoms. The number of amides is 1. The van der Waals surface area contributed by atoms with Crippen LogP contribution in [0.4, 0.5) is 0 Å². The second-order valence-electron chi connectivity index (χ2n) is 7.23. The Labute approximate surface area is 179 Å². The van der Waals surface area contributed by atoms with Crippen LogP contribution in [0.5, 0.6) is 5.75 Å². The van der Waals surface area contributed by atoms with E-state index < -0.39 is 0 Å². The summed E-state index contributed by atoms with van der Waals surface area (Å²) in [5.41, 5.74) is 1.97. The van der Waals surface area contributed by atoms with Crippen molar-refractivity contribution >= 4 is 22.6 Å². The minimum atomic E-state index is -0.286. The van der Waals surface area contributed by atoms with Crippen LogP contribution >= 0.6 is 0 Å². The molecule has 7 heteroatoms. The van der Waals surface area contributed by atoms with Crippen molar-refractivity contribution < 1.29 is 18.8 Å². The lowest BCUT2D eigenvalue weighted by molar-refractivity contribution is 0.0942. The lowest BCUT2D eigenvalue weighted by atomic mass is 10.1. The summed E-state index contributed by atoms with van der Waals surface area (Å²) in [5, 5.41) is 7.89. The van der Waals surface area contributed by atoms with Crippen molar-refractivity contribution in [3.8, 4) is 5.75 Å². The number of aromatic nitrogens is 2. The fourth-order valence-electron chi connectivity index (χ4n) is 3.32. The third-order valence-electron chi connectivity index (χ3n) is 4.95. The first-order valence-corrected chi connectivity index (χ1v) is 10.1. The predicted octanol–water partition coefficient (Wildman–Crippen LogP) is 4.23. The van der Waals surface area contributed by atoms with Gasteiger partial charge in [0.05, 0.1) is 0 Å². The first-order valence-electron chi connectivity index (χ1n) is 10.1. The zero-order valence-electron chi connectivity index (χ0n) is 17.2. The highest BCUT2D eigenvalue weighted by atomic mass is 16.5. The third kappa shape index (κ3) is 5.01. The van der Waals surface area contributed by atoms with Gasteiger partial charge in [0.2, 0.25) is 0 Å². The van der Waals surface area contributed by atoms with Crippen LogP contribution in [0.3, 0.4) is 0 Å². The second-order valence-corrected chi connectivity index (χ2v) is 7.23. The van der Waals surface area contributed by atoms with Gasteiger partial charge in [0.25, 0.3) is 5.91 Å². The summed E-state index contributed by atoms with van der Waals surface area (Å²) < 4.78 is 13.0. The van der Waals surface area contributed by atoms with E-state index in [9.17, 15) is 9.59 Å². The lowest BCUT2D eigenvalue weighted by Crippen LogP contribution is -2.25. The van der Waals surface area contributed by atoms with Crippen LogP contribution in [0, 0.1) is 0 Å². The van der Waals surface area contributed by atoms with Crippen LogP contribution in [0.25, 0.3) is 10.9 Å². The largest absolute Gasteiger partial charge is 0.486 e. The molecule has 0 atom stereocenters. The summed E-state index contributed by atoms with van der Waals surface area (Å²) >= 11 is 0. The maximum Gasteiger partial charge on any atom is 0.273 e. The van der Waals surface area contributed by atoms with E-state index >= 15 is 0 Å². The van der Waals surface area contributed by atoms with Gasteiger partial charge >= 0.3 is 0 Å². The molecule has 0 unspecified atom stereocenters. The Hall–Kier alpha value is -3.87. The molecule has 0 aliphatic rings. The first kappa shape index (κ1) is 20.4. The molecule has 7 nitrogen and oxygen atoms in total. The van der Waals surface area contributed by atoms with E-state index in [2.05, 4.69) is 39.4 Å². The topological polar surface area (TPSA) is 86.4 Å². The molecule has 2 heterocycles. The molecule has 4 rings (SSSR count). The number of ether oxygens (including phenoxy) is 1. The number of nitrogens with zero attached hydrogens (tertiary/aromatic N) is 2. The second kappa shape index (κ2) is 9.30. The summed E-state index contributed by atoms with van der Waals surface area (Å²) in [6.07, 6.45) is 2.85. The van der Waals surface area contributed by atoms with Crippen LogP contribution in [0.15, 0.2) is 71.4 Å². The van der Waals surface area contributed by atoms with Gasteiger partial charge < -0.3 is 19.1 Å². The van der Waals surface area contributed by atoms with Gasteiger partial charge in [-0.2, -0.15) is 0 Å². The Balaban J connectivity index is 1.24. The van der Waals surface area contributed by atoms with E-state index in [0.29, 0.717) is 23.6 Å². The molecule has 1 amide bonds. The van der Waals surface area contributed by atoms with E-state index in [1.807, 2.05) is 12.1 Å². The van der Waals surface area contributed by atoms with Crippen LogP contribution in [0.2, 0.25) is 0 Å². The molecule has 0 aliphatic heterocycles. The number of aryl methyl sites for hydroxylation is 1. The molecule has 1 N–H and O–H groups in total. The Morgan fingerprint density at radius 1 is 1.10 bits per heavy atom. The monoisotopic (exact) mass is 417 g/mol. The molecule has 0 fully saturated rings. The zero-order valence-corrected chi connectivity index (χ0v) is 17.2. The average Bonchev–Trinajstić information content (AvgIpc) is 3.43. The van der Waals surface area contributed by atoms with Gasteiger partial charge in [-0.05, 0) is 43.0 Å². The SMILES string of the molecule is CC(=O)c1cccc(OCc2cc(C(=O)NCCCn3ccc4ccccc43)no2)c1. The Morgan fingerprint density at radius 2 is 1.97 bits per heavy atom. The number of para-hydroxylation sites is 1. The highest BCUT2D eigenvalue weighted by Gasteiger charge is 2.13. The van der Waals surface area contributed by atoms with Crippen molar-refractivity contribution in [2.75, 3.05) is 6.54 Å². The van der Waals surface area contributed by atoms with E-state index in [1.54, 1.807) is 30.3 Å². The molecule has 4 aromatic rings. The number of fused-ring (bicyclic) bond motifs is 1. The van der Waals surface area contributed by atoms with Gasteiger partial charge in [0.15, 0.2) is 17.2 Å². The number of carbonyl (C=O) groups is 2. The van der Waals surface area contributed by atoms with E-state index in [-0.39, 0.29) is 24.0 Å². The molecule has 0 radical (unpaired) electrons. The number of ketones is 1. The smallest absolute Gasteiger partial charge is 0.273 e. The third-order valence-corrected chi connectivity index (χ3v) is 4.95. The first-order chi connectivity index (χ1) is 15.1. The van der Waals surface area contributed by atoms with Crippen molar-refractivity contribution in [3.05, 3.63) is 83.9 Å². The predicted molar refractivity (Wildman–Crippen MR) is 116 cm³/mol. The average molecular weight is 417 g/mol. The molecular formula is C24H23N3O4. The summed E-state index contributed by atoms with van der Waals surface area (Å²) in [7, 11) is 0. The van der Waals surface area contributed by atoms with Crippen molar-refractivity contribution in [2.45, 2.75) is 26.5 Å². The van der Waals surface area contributed by atoms with E-state index in [0.717, 1.165) is 13.0 Å². The van der Waals surface area contributed by atoms with Gasteiger partial charge in [0, 0.05) is 36.4 Å². The molecule has 0 saturated carbocycles. The highest BCUT2D eigenvalue weighted by molar-refractivity contribution is 5.94. The minimum absolute atomic E-state index is 0.0333. The quantitative estimate of drug-likeness (QED) is 0.325. The van der Waals surface area contributed by atoms with Crippen molar-refractivity contribution in [2.24, 2.45) is 0 Å². The lowest BCUT2D eigenvalue weighted by Gasteiger charge is -2.06. The van der Waals surface area contributed by atoms with Crippen molar-refractivity contribution in [1.29, 1.82) is 0 Å². The normalized spacial score (nSPS) is 10.9. The summed E-state index contributed by atoms with van der Waals surface area (Å²) in [4.78, 5) is 23.8. The molecule has 0 bridgehead atoms. The molecule has 0 saturated heterocycles. The van der Waals surface area contributed by atoms with Crippen LogP contribution < -0.4 is 10.1 Å². The maximum atomic E-state index is 12.3.